The first-order valence-electron chi connectivity index (χ1n) is 14.5. The van der Waals surface area contributed by atoms with Crippen molar-refractivity contribution in [2.75, 3.05) is 26.2 Å². The Morgan fingerprint density at radius 2 is 1.74 bits per heavy atom. The minimum absolute atomic E-state index is 0.0397. The molecule has 0 bridgehead atoms. The molecule has 1 saturated carbocycles. The minimum Gasteiger partial charge on any atom is -0.374 e. The molecule has 1 heterocycles. The van der Waals surface area contributed by atoms with E-state index in [0.717, 1.165) is 36.5 Å². The van der Waals surface area contributed by atoms with Crippen LogP contribution in [0.4, 0.5) is 0 Å². The zero-order valence-corrected chi connectivity index (χ0v) is 24.3. The van der Waals surface area contributed by atoms with E-state index in [0.29, 0.717) is 17.9 Å². The third kappa shape index (κ3) is 6.81. The quantitative estimate of drug-likeness (QED) is 0.389. The summed E-state index contributed by atoms with van der Waals surface area (Å²) in [5.41, 5.74) is 0.602. The Balaban J connectivity index is 1.27. The normalized spacial score (nSPS) is 19.1. The van der Waals surface area contributed by atoms with Crippen molar-refractivity contribution in [3.05, 3.63) is 77.9 Å². The second-order valence-corrected chi connectivity index (χ2v) is 12.9. The van der Waals surface area contributed by atoms with E-state index in [1.54, 1.807) is 18.2 Å². The maximum atomic E-state index is 13.5. The first-order valence-corrected chi connectivity index (χ1v) is 16.0. The highest BCUT2D eigenvalue weighted by Crippen LogP contribution is 2.28. The van der Waals surface area contributed by atoms with E-state index in [1.807, 2.05) is 42.5 Å². The number of benzene rings is 3. The maximum absolute atomic E-state index is 13.5. The second-order valence-electron chi connectivity index (χ2n) is 11.0. The van der Waals surface area contributed by atoms with Gasteiger partial charge in [0.2, 0.25) is 15.9 Å². The van der Waals surface area contributed by atoms with Crippen molar-refractivity contribution in [2.24, 2.45) is 5.92 Å². The molecule has 1 unspecified atom stereocenters. The molecule has 2 aliphatic rings. The lowest BCUT2D eigenvalue weighted by Gasteiger charge is -2.33. The molecule has 3 aromatic rings. The van der Waals surface area contributed by atoms with E-state index >= 15 is 0 Å². The van der Waals surface area contributed by atoms with E-state index in [2.05, 4.69) is 10.6 Å². The van der Waals surface area contributed by atoms with Gasteiger partial charge in [0.1, 0.15) is 12.1 Å². The van der Waals surface area contributed by atoms with Crippen LogP contribution >= 0.6 is 0 Å². The van der Waals surface area contributed by atoms with Crippen LogP contribution in [0.5, 0.6) is 0 Å². The Bertz CT molecular complexity index is 1570. The van der Waals surface area contributed by atoms with Crippen LogP contribution in [0.3, 0.4) is 0 Å². The van der Waals surface area contributed by atoms with Gasteiger partial charge in [0.25, 0.3) is 5.91 Å². The first-order chi connectivity index (χ1) is 20.4. The number of sulfonamides is 1. The molecule has 2 fully saturated rings. The van der Waals surface area contributed by atoms with Crippen LogP contribution in [-0.4, -0.2) is 62.9 Å². The summed E-state index contributed by atoms with van der Waals surface area (Å²) in [4.78, 5) is 26.9. The third-order valence-electron chi connectivity index (χ3n) is 8.18. The molecule has 5 rings (SSSR count). The largest absolute Gasteiger partial charge is 0.374 e. The summed E-state index contributed by atoms with van der Waals surface area (Å²) in [7, 11) is -3.92. The standard InChI is InChI=1S/C32H36N4O5S/c33-20-25-12-5-7-16-30(25)42(39,40)36-17-18-41-26(22-36)21-34-32(38)29(19-23-9-2-1-3-10-23)35-31(37)28-15-8-13-24-11-4-6-14-27(24)28/h4-8,11-16,23,26,29H,1-3,9-10,17-19,21-22H2,(H,34,38)(H,35,37)/t26?,29-/m0/s1. The summed E-state index contributed by atoms with van der Waals surface area (Å²) in [6, 6.07) is 20.5. The molecule has 0 aromatic heterocycles. The first kappa shape index (κ1) is 29.7. The molecule has 2 N–H and O–H groups in total. The number of fused-ring (bicyclic) bond motifs is 1. The van der Waals surface area contributed by atoms with Crippen molar-refractivity contribution in [3.63, 3.8) is 0 Å². The van der Waals surface area contributed by atoms with Crippen molar-refractivity contribution in [1.82, 2.24) is 14.9 Å². The summed E-state index contributed by atoms with van der Waals surface area (Å²) in [6.45, 7) is 0.448. The summed E-state index contributed by atoms with van der Waals surface area (Å²) in [5.74, 6) is -0.272. The Hall–Kier alpha value is -3.78. The van der Waals surface area contributed by atoms with Crippen LogP contribution in [0, 0.1) is 17.2 Å². The van der Waals surface area contributed by atoms with Gasteiger partial charge in [0.05, 0.1) is 23.2 Å². The average Bonchev–Trinajstić information content (AvgIpc) is 3.03. The van der Waals surface area contributed by atoms with Gasteiger partial charge in [-0.25, -0.2) is 8.42 Å². The lowest BCUT2D eigenvalue weighted by atomic mass is 9.84. The molecule has 1 saturated heterocycles. The molecule has 10 heteroatoms. The molecule has 2 amide bonds. The smallest absolute Gasteiger partial charge is 0.252 e. The molecule has 1 aliphatic carbocycles. The molecule has 220 valence electrons. The van der Waals surface area contributed by atoms with Gasteiger partial charge < -0.3 is 15.4 Å². The van der Waals surface area contributed by atoms with Gasteiger partial charge in [-0.1, -0.05) is 80.6 Å². The predicted octanol–water partition coefficient (Wildman–Crippen LogP) is 3.99. The Morgan fingerprint density at radius 1 is 1.00 bits per heavy atom. The van der Waals surface area contributed by atoms with Gasteiger partial charge in [-0.3, -0.25) is 9.59 Å². The molecule has 2 atom stereocenters. The van der Waals surface area contributed by atoms with Gasteiger partial charge in [0, 0.05) is 25.2 Å². The molecular formula is C32H36N4O5S. The summed E-state index contributed by atoms with van der Waals surface area (Å²) >= 11 is 0. The molecule has 3 aromatic carbocycles. The van der Waals surface area contributed by atoms with Gasteiger partial charge in [-0.15, -0.1) is 0 Å². The maximum Gasteiger partial charge on any atom is 0.252 e. The van der Waals surface area contributed by atoms with Crippen molar-refractivity contribution in [3.8, 4) is 6.07 Å². The van der Waals surface area contributed by atoms with Crippen molar-refractivity contribution >= 4 is 32.6 Å². The topological polar surface area (TPSA) is 129 Å². The van der Waals surface area contributed by atoms with E-state index < -0.39 is 22.2 Å². The third-order valence-corrected chi connectivity index (χ3v) is 10.1. The van der Waals surface area contributed by atoms with Crippen LogP contribution in [0.25, 0.3) is 10.8 Å². The van der Waals surface area contributed by atoms with Crippen LogP contribution in [0.1, 0.15) is 54.4 Å². The second kappa shape index (κ2) is 13.5. The highest BCUT2D eigenvalue weighted by atomic mass is 32.2. The number of nitriles is 1. The summed E-state index contributed by atoms with van der Waals surface area (Å²) < 4.78 is 33.7. The van der Waals surface area contributed by atoms with Crippen LogP contribution in [0.2, 0.25) is 0 Å². The zero-order valence-electron chi connectivity index (χ0n) is 23.5. The Kier molecular flexibility index (Phi) is 9.52. The number of hydrogen-bond donors (Lipinski definition) is 2. The number of carbonyl (C=O) groups excluding carboxylic acids is 2. The number of amides is 2. The van der Waals surface area contributed by atoms with Crippen LogP contribution in [0.15, 0.2) is 71.6 Å². The number of morpholine rings is 1. The van der Waals surface area contributed by atoms with Crippen LogP contribution < -0.4 is 10.6 Å². The minimum atomic E-state index is -3.92. The molecule has 0 radical (unpaired) electrons. The molecule has 42 heavy (non-hydrogen) atoms. The van der Waals surface area contributed by atoms with E-state index in [1.165, 1.54) is 22.9 Å². The van der Waals surface area contributed by atoms with Crippen molar-refractivity contribution in [2.45, 2.75) is 55.6 Å². The van der Waals surface area contributed by atoms with Crippen molar-refractivity contribution in [1.29, 1.82) is 5.26 Å². The Labute approximate surface area is 246 Å². The number of ether oxygens (including phenoxy) is 1. The molecule has 9 nitrogen and oxygen atoms in total. The number of hydrogen-bond acceptors (Lipinski definition) is 6. The molecule has 1 aliphatic heterocycles. The predicted molar refractivity (Wildman–Crippen MR) is 159 cm³/mol. The molecule has 0 spiro atoms. The fourth-order valence-corrected chi connectivity index (χ4v) is 7.54. The molecular weight excluding hydrogens is 552 g/mol. The highest BCUT2D eigenvalue weighted by molar-refractivity contribution is 7.89. The number of nitrogens with one attached hydrogen (secondary N) is 2. The van der Waals surface area contributed by atoms with Gasteiger partial charge in [-0.2, -0.15) is 9.57 Å². The lowest BCUT2D eigenvalue weighted by molar-refractivity contribution is -0.124. The number of rotatable bonds is 9. The van der Waals surface area contributed by atoms with E-state index in [-0.39, 0.29) is 48.5 Å². The Morgan fingerprint density at radius 3 is 2.55 bits per heavy atom. The van der Waals surface area contributed by atoms with Gasteiger partial charge in [0.15, 0.2) is 0 Å². The van der Waals surface area contributed by atoms with Gasteiger partial charge >= 0.3 is 0 Å². The average molecular weight is 589 g/mol. The zero-order chi connectivity index (χ0) is 29.5. The highest BCUT2D eigenvalue weighted by Gasteiger charge is 2.33. The summed E-state index contributed by atoms with van der Waals surface area (Å²) in [6.07, 6.45) is 5.44. The monoisotopic (exact) mass is 588 g/mol. The number of carbonyl (C=O) groups is 2. The van der Waals surface area contributed by atoms with Crippen molar-refractivity contribution < 1.29 is 22.7 Å². The van der Waals surface area contributed by atoms with E-state index in [4.69, 9.17) is 4.74 Å². The number of nitrogens with zero attached hydrogens (tertiary/aromatic N) is 2. The summed E-state index contributed by atoms with van der Waals surface area (Å²) in [5, 5.41) is 17.1. The fourth-order valence-electron chi connectivity index (χ4n) is 5.94. The lowest BCUT2D eigenvalue weighted by Crippen LogP contribution is -2.53. The van der Waals surface area contributed by atoms with Gasteiger partial charge in [-0.05, 0) is 41.3 Å². The van der Waals surface area contributed by atoms with Crippen LogP contribution in [-0.2, 0) is 19.6 Å². The van der Waals surface area contributed by atoms with E-state index in [9.17, 15) is 23.3 Å². The SMILES string of the molecule is N#Cc1ccccc1S(=O)(=O)N1CCOC(CNC(=O)[C@H](CC2CCCCC2)NC(=O)c2cccc3ccccc23)C1. The fraction of sp³-hybridized carbons (Fsp3) is 0.406.